The minimum atomic E-state index is 0.591. The SMILES string of the molecule is CC1(CCCCCCc2cccc(CCCCCCC3(C)CC3)c2O)CC1. The molecule has 0 spiro atoms. The second-order valence-corrected chi connectivity index (χ2v) is 10.4. The van der Waals surface area contributed by atoms with E-state index in [1.807, 2.05) is 0 Å². The molecule has 2 fully saturated rings. The summed E-state index contributed by atoms with van der Waals surface area (Å²) in [5, 5.41) is 10.6. The van der Waals surface area contributed by atoms with Gasteiger partial charge in [-0.15, -0.1) is 0 Å². The number of aromatic hydroxyl groups is 1. The first-order valence-corrected chi connectivity index (χ1v) is 11.8. The Morgan fingerprint density at radius 2 is 1.07 bits per heavy atom. The second-order valence-electron chi connectivity index (χ2n) is 10.4. The maximum absolute atomic E-state index is 10.6. The number of hydrogen-bond donors (Lipinski definition) is 1. The summed E-state index contributed by atoms with van der Waals surface area (Å²) in [5.41, 5.74) is 3.76. The first kappa shape index (κ1) is 20.7. The Labute approximate surface area is 168 Å². The second kappa shape index (κ2) is 9.48. The number of rotatable bonds is 14. The highest BCUT2D eigenvalue weighted by atomic mass is 16.3. The first-order valence-electron chi connectivity index (χ1n) is 11.8. The summed E-state index contributed by atoms with van der Waals surface area (Å²) in [6.45, 7) is 4.87. The standard InChI is InChI=1S/C26H42O/c1-25(18-19-25)16-9-5-3-7-12-22-14-11-15-23(24(22)27)13-8-4-6-10-17-26(2)20-21-26/h11,14-15,27H,3-10,12-13,16-21H2,1-2H3. The van der Waals surface area contributed by atoms with Crippen LogP contribution in [0.1, 0.15) is 115 Å². The van der Waals surface area contributed by atoms with E-state index in [1.165, 1.54) is 101 Å². The van der Waals surface area contributed by atoms with E-state index in [0.717, 1.165) is 12.8 Å². The number of hydrogen-bond acceptors (Lipinski definition) is 1. The van der Waals surface area contributed by atoms with Crippen LogP contribution in [0, 0.1) is 10.8 Å². The Bertz CT molecular complexity index is 532. The molecule has 0 aliphatic heterocycles. The van der Waals surface area contributed by atoms with Crippen molar-refractivity contribution in [2.75, 3.05) is 0 Å². The van der Waals surface area contributed by atoms with Gasteiger partial charge in [0.05, 0.1) is 0 Å². The quantitative estimate of drug-likeness (QED) is 0.329. The number of phenols is 1. The van der Waals surface area contributed by atoms with Gasteiger partial charge in [0.25, 0.3) is 0 Å². The molecule has 1 heteroatoms. The molecule has 0 unspecified atom stereocenters. The average Bonchev–Trinajstić information content (AvgIpc) is 3.56. The Morgan fingerprint density at radius 3 is 1.48 bits per heavy atom. The van der Waals surface area contributed by atoms with Crippen molar-refractivity contribution in [3.05, 3.63) is 29.3 Å². The fourth-order valence-corrected chi connectivity index (χ4v) is 4.42. The zero-order valence-electron chi connectivity index (χ0n) is 18.0. The van der Waals surface area contributed by atoms with Gasteiger partial charge in [0.2, 0.25) is 0 Å². The van der Waals surface area contributed by atoms with Crippen molar-refractivity contribution in [3.63, 3.8) is 0 Å². The summed E-state index contributed by atoms with van der Waals surface area (Å²) >= 11 is 0. The van der Waals surface area contributed by atoms with E-state index >= 15 is 0 Å². The van der Waals surface area contributed by atoms with Crippen molar-refractivity contribution in [1.82, 2.24) is 0 Å². The topological polar surface area (TPSA) is 20.2 Å². The smallest absolute Gasteiger partial charge is 0.121 e. The average molecular weight is 371 g/mol. The zero-order chi connectivity index (χ0) is 19.2. The summed E-state index contributed by atoms with van der Waals surface area (Å²) in [4.78, 5) is 0. The fraction of sp³-hybridized carbons (Fsp3) is 0.769. The lowest BCUT2D eigenvalue weighted by Gasteiger charge is -2.11. The molecule has 0 aromatic heterocycles. The van der Waals surface area contributed by atoms with Gasteiger partial charge in [0.15, 0.2) is 0 Å². The van der Waals surface area contributed by atoms with Crippen LogP contribution in [0.15, 0.2) is 18.2 Å². The molecule has 0 heterocycles. The van der Waals surface area contributed by atoms with Crippen molar-refractivity contribution < 1.29 is 5.11 Å². The van der Waals surface area contributed by atoms with Gasteiger partial charge in [-0.3, -0.25) is 0 Å². The van der Waals surface area contributed by atoms with Crippen LogP contribution in [0.4, 0.5) is 0 Å². The lowest BCUT2D eigenvalue weighted by atomic mass is 9.96. The maximum Gasteiger partial charge on any atom is 0.121 e. The molecular weight excluding hydrogens is 328 g/mol. The Hall–Kier alpha value is -0.980. The van der Waals surface area contributed by atoms with Gasteiger partial charge < -0.3 is 5.11 Å². The molecule has 0 atom stereocenters. The van der Waals surface area contributed by atoms with Crippen LogP contribution in [0.2, 0.25) is 0 Å². The molecule has 0 bridgehead atoms. The Morgan fingerprint density at radius 1 is 0.667 bits per heavy atom. The molecule has 2 saturated carbocycles. The van der Waals surface area contributed by atoms with E-state index in [-0.39, 0.29) is 0 Å². The third kappa shape index (κ3) is 7.16. The van der Waals surface area contributed by atoms with Crippen molar-refractivity contribution in [2.45, 2.75) is 117 Å². The lowest BCUT2D eigenvalue weighted by Crippen LogP contribution is -1.95. The largest absolute Gasteiger partial charge is 0.507 e. The van der Waals surface area contributed by atoms with Crippen LogP contribution in [0.25, 0.3) is 0 Å². The van der Waals surface area contributed by atoms with E-state index < -0.39 is 0 Å². The monoisotopic (exact) mass is 370 g/mol. The molecule has 152 valence electrons. The molecule has 1 aromatic carbocycles. The number of phenolic OH excluding ortho intramolecular Hbond substituents is 1. The fourth-order valence-electron chi connectivity index (χ4n) is 4.42. The maximum atomic E-state index is 10.6. The first-order chi connectivity index (χ1) is 13.0. The van der Waals surface area contributed by atoms with Crippen molar-refractivity contribution in [2.24, 2.45) is 10.8 Å². The van der Waals surface area contributed by atoms with E-state index in [0.29, 0.717) is 16.6 Å². The van der Waals surface area contributed by atoms with Crippen LogP contribution in [-0.4, -0.2) is 5.11 Å². The minimum Gasteiger partial charge on any atom is -0.507 e. The molecule has 0 amide bonds. The molecule has 0 saturated heterocycles. The van der Waals surface area contributed by atoms with Gasteiger partial charge in [0, 0.05) is 0 Å². The molecule has 0 radical (unpaired) electrons. The lowest BCUT2D eigenvalue weighted by molar-refractivity contribution is 0.452. The number of unbranched alkanes of at least 4 members (excludes halogenated alkanes) is 6. The molecular formula is C26H42O. The van der Waals surface area contributed by atoms with Crippen LogP contribution in [0.3, 0.4) is 0 Å². The van der Waals surface area contributed by atoms with Crippen LogP contribution in [0.5, 0.6) is 5.75 Å². The summed E-state index contributed by atoms with van der Waals surface area (Å²) in [6, 6.07) is 6.40. The third-order valence-electron chi connectivity index (χ3n) is 7.36. The highest BCUT2D eigenvalue weighted by Crippen LogP contribution is 2.49. The number of benzene rings is 1. The van der Waals surface area contributed by atoms with E-state index in [4.69, 9.17) is 0 Å². The van der Waals surface area contributed by atoms with Gasteiger partial charge in [-0.05, 0) is 86.2 Å². The molecule has 27 heavy (non-hydrogen) atoms. The predicted molar refractivity (Wildman–Crippen MR) is 116 cm³/mol. The Kier molecular flexibility index (Phi) is 7.29. The van der Waals surface area contributed by atoms with E-state index in [1.54, 1.807) is 0 Å². The van der Waals surface area contributed by atoms with Crippen LogP contribution >= 0.6 is 0 Å². The van der Waals surface area contributed by atoms with Crippen molar-refractivity contribution in [3.8, 4) is 5.75 Å². The van der Waals surface area contributed by atoms with E-state index in [9.17, 15) is 5.11 Å². The highest BCUT2D eigenvalue weighted by Gasteiger charge is 2.36. The highest BCUT2D eigenvalue weighted by molar-refractivity contribution is 5.40. The van der Waals surface area contributed by atoms with Gasteiger partial charge in [0.1, 0.15) is 5.75 Å². The van der Waals surface area contributed by atoms with Crippen molar-refractivity contribution >= 4 is 0 Å². The molecule has 3 rings (SSSR count). The normalized spacial score (nSPS) is 19.2. The van der Waals surface area contributed by atoms with Gasteiger partial charge in [-0.2, -0.15) is 0 Å². The van der Waals surface area contributed by atoms with Gasteiger partial charge in [-0.25, -0.2) is 0 Å². The molecule has 1 N–H and O–H groups in total. The zero-order valence-corrected chi connectivity index (χ0v) is 18.0. The summed E-state index contributed by atoms with van der Waals surface area (Å²) < 4.78 is 0. The number of aryl methyl sites for hydroxylation is 2. The summed E-state index contributed by atoms with van der Waals surface area (Å²) in [5.74, 6) is 0.591. The summed E-state index contributed by atoms with van der Waals surface area (Å²) in [7, 11) is 0. The van der Waals surface area contributed by atoms with Crippen LogP contribution in [-0.2, 0) is 12.8 Å². The number of para-hydroxylation sites is 1. The van der Waals surface area contributed by atoms with Gasteiger partial charge in [-0.1, -0.05) is 70.6 Å². The Balaban J connectivity index is 1.28. The van der Waals surface area contributed by atoms with E-state index in [2.05, 4.69) is 32.0 Å². The molecule has 2 aliphatic carbocycles. The van der Waals surface area contributed by atoms with Crippen LogP contribution < -0.4 is 0 Å². The summed E-state index contributed by atoms with van der Waals surface area (Å²) in [6.07, 6.45) is 21.3. The predicted octanol–water partition coefficient (Wildman–Crippen LogP) is 7.98. The van der Waals surface area contributed by atoms with Crippen molar-refractivity contribution in [1.29, 1.82) is 0 Å². The third-order valence-corrected chi connectivity index (χ3v) is 7.36. The van der Waals surface area contributed by atoms with Gasteiger partial charge >= 0.3 is 0 Å². The minimum absolute atomic E-state index is 0.591. The molecule has 1 nitrogen and oxygen atoms in total. The molecule has 2 aliphatic rings. The molecule has 1 aromatic rings.